The molecule has 0 bridgehead atoms. The average molecular weight is 184 g/mol. The molecule has 0 aliphatic heterocycles. The minimum atomic E-state index is 0.595. The zero-order valence-electron chi connectivity index (χ0n) is 8.09. The van der Waals surface area contributed by atoms with Crippen molar-refractivity contribution in [3.8, 4) is 17.2 Å². The third-order valence-corrected chi connectivity index (χ3v) is 1.72. The van der Waals surface area contributed by atoms with Crippen molar-refractivity contribution in [3.63, 3.8) is 0 Å². The zero-order chi connectivity index (χ0) is 9.84. The van der Waals surface area contributed by atoms with Crippen LogP contribution in [0.4, 0.5) is 5.69 Å². The van der Waals surface area contributed by atoms with Gasteiger partial charge in [0, 0.05) is 12.1 Å². The van der Waals surface area contributed by atoms with E-state index in [2.05, 4.69) is 5.73 Å². The van der Waals surface area contributed by atoms with E-state index in [0.717, 1.165) is 5.69 Å². The normalized spacial score (nSPS) is 9.54. The third-order valence-electron chi connectivity index (χ3n) is 1.72. The number of hydrogen-bond donors (Lipinski definition) is 1. The lowest BCUT2D eigenvalue weighted by Crippen LogP contribution is -2.40. The summed E-state index contributed by atoms with van der Waals surface area (Å²) < 4.78 is 15.4. The standard InChI is InChI=1S/C9H13NO3/c1-11-7-4-6(10)5-8(12-2)9(7)13-3/h4-5H,10H2,1-3H3/p+1. The van der Waals surface area contributed by atoms with E-state index < -0.39 is 0 Å². The van der Waals surface area contributed by atoms with Crippen LogP contribution < -0.4 is 19.9 Å². The molecule has 1 aromatic carbocycles. The van der Waals surface area contributed by atoms with Crippen molar-refractivity contribution in [2.24, 2.45) is 0 Å². The number of methoxy groups -OCH3 is 3. The van der Waals surface area contributed by atoms with Crippen LogP contribution in [-0.2, 0) is 0 Å². The lowest BCUT2D eigenvalue weighted by atomic mass is 10.2. The number of hydrogen-bond acceptors (Lipinski definition) is 3. The van der Waals surface area contributed by atoms with E-state index in [1.165, 1.54) is 0 Å². The predicted molar refractivity (Wildman–Crippen MR) is 48.6 cm³/mol. The molecule has 0 aliphatic carbocycles. The van der Waals surface area contributed by atoms with Crippen molar-refractivity contribution in [3.05, 3.63) is 12.1 Å². The second-order valence-corrected chi connectivity index (χ2v) is 2.53. The summed E-state index contributed by atoms with van der Waals surface area (Å²) in [5.74, 6) is 1.86. The van der Waals surface area contributed by atoms with Crippen LogP contribution in [0.25, 0.3) is 0 Å². The van der Waals surface area contributed by atoms with E-state index in [0.29, 0.717) is 17.2 Å². The molecular weight excluding hydrogens is 170 g/mol. The van der Waals surface area contributed by atoms with Crippen LogP contribution in [0.3, 0.4) is 0 Å². The molecule has 3 N–H and O–H groups in total. The number of ether oxygens (including phenoxy) is 3. The van der Waals surface area contributed by atoms with Gasteiger partial charge in [0.25, 0.3) is 0 Å². The lowest BCUT2D eigenvalue weighted by molar-refractivity contribution is -0.255. The molecule has 4 nitrogen and oxygen atoms in total. The van der Waals surface area contributed by atoms with E-state index in [-0.39, 0.29) is 0 Å². The van der Waals surface area contributed by atoms with E-state index >= 15 is 0 Å². The van der Waals surface area contributed by atoms with Crippen molar-refractivity contribution in [2.45, 2.75) is 0 Å². The van der Waals surface area contributed by atoms with Crippen LogP contribution in [0.5, 0.6) is 17.2 Å². The monoisotopic (exact) mass is 184 g/mol. The fourth-order valence-corrected chi connectivity index (χ4v) is 1.14. The first kappa shape index (κ1) is 9.67. The van der Waals surface area contributed by atoms with Gasteiger partial charge in [-0.15, -0.1) is 0 Å². The Morgan fingerprint density at radius 2 is 1.38 bits per heavy atom. The molecule has 0 fully saturated rings. The van der Waals surface area contributed by atoms with Crippen LogP contribution >= 0.6 is 0 Å². The molecule has 0 spiro atoms. The largest absolute Gasteiger partial charge is 0.492 e. The Bertz CT molecular complexity index is 274. The first-order valence-corrected chi connectivity index (χ1v) is 3.85. The molecule has 0 saturated heterocycles. The first-order valence-electron chi connectivity index (χ1n) is 3.85. The Morgan fingerprint density at radius 3 is 1.69 bits per heavy atom. The van der Waals surface area contributed by atoms with Crippen molar-refractivity contribution >= 4 is 5.69 Å². The topological polar surface area (TPSA) is 55.3 Å². The van der Waals surface area contributed by atoms with Gasteiger partial charge in [0.2, 0.25) is 5.75 Å². The van der Waals surface area contributed by atoms with Gasteiger partial charge in [0.1, 0.15) is 5.69 Å². The van der Waals surface area contributed by atoms with Gasteiger partial charge in [-0.1, -0.05) is 0 Å². The molecule has 0 radical (unpaired) electrons. The molecule has 0 unspecified atom stereocenters. The fourth-order valence-electron chi connectivity index (χ4n) is 1.14. The van der Waals surface area contributed by atoms with Crippen LogP contribution in [-0.4, -0.2) is 21.3 Å². The van der Waals surface area contributed by atoms with E-state index in [1.54, 1.807) is 33.5 Å². The third kappa shape index (κ3) is 1.84. The minimum Gasteiger partial charge on any atom is -0.492 e. The molecule has 0 aliphatic rings. The molecule has 1 aromatic rings. The molecule has 1 rings (SSSR count). The molecule has 72 valence electrons. The molecule has 0 heterocycles. The maximum atomic E-state index is 5.14. The summed E-state index contributed by atoms with van der Waals surface area (Å²) in [5.41, 5.74) is 4.63. The predicted octanol–water partition coefficient (Wildman–Crippen LogP) is 0.586. The van der Waals surface area contributed by atoms with Gasteiger partial charge in [-0.3, -0.25) is 0 Å². The minimum absolute atomic E-state index is 0.595. The fraction of sp³-hybridized carbons (Fsp3) is 0.333. The summed E-state index contributed by atoms with van der Waals surface area (Å²) in [6.07, 6.45) is 0. The Hall–Kier alpha value is -1.42. The summed E-state index contributed by atoms with van der Waals surface area (Å²) >= 11 is 0. The summed E-state index contributed by atoms with van der Waals surface area (Å²) in [6, 6.07) is 3.59. The van der Waals surface area contributed by atoms with Crippen molar-refractivity contribution in [1.82, 2.24) is 0 Å². The molecule has 0 saturated carbocycles. The van der Waals surface area contributed by atoms with Crippen LogP contribution in [0, 0.1) is 0 Å². The molecule has 0 atom stereocenters. The molecule has 4 heteroatoms. The first-order chi connectivity index (χ1) is 6.22. The number of quaternary nitrogens is 1. The lowest BCUT2D eigenvalue weighted by Gasteiger charge is -2.11. The van der Waals surface area contributed by atoms with Gasteiger partial charge >= 0.3 is 0 Å². The zero-order valence-corrected chi connectivity index (χ0v) is 8.09. The smallest absolute Gasteiger partial charge is 0.203 e. The van der Waals surface area contributed by atoms with E-state index in [1.807, 2.05) is 0 Å². The Balaban J connectivity index is 3.25. The SMILES string of the molecule is COc1cc([NH3+])cc(OC)c1OC. The van der Waals surface area contributed by atoms with Gasteiger partial charge in [-0.25, -0.2) is 0 Å². The van der Waals surface area contributed by atoms with Gasteiger partial charge in [0.05, 0.1) is 21.3 Å². The summed E-state index contributed by atoms with van der Waals surface area (Å²) in [6.45, 7) is 0. The molecule has 13 heavy (non-hydrogen) atoms. The summed E-state index contributed by atoms with van der Waals surface area (Å²) in [7, 11) is 4.73. The van der Waals surface area contributed by atoms with Crippen LogP contribution in [0.2, 0.25) is 0 Å². The van der Waals surface area contributed by atoms with E-state index in [4.69, 9.17) is 14.2 Å². The Kier molecular flexibility index (Phi) is 2.97. The molecule has 0 amide bonds. The number of benzene rings is 1. The van der Waals surface area contributed by atoms with Crippen LogP contribution in [0.1, 0.15) is 0 Å². The van der Waals surface area contributed by atoms with Crippen molar-refractivity contribution < 1.29 is 19.9 Å². The second kappa shape index (κ2) is 4.00. The van der Waals surface area contributed by atoms with Crippen molar-refractivity contribution in [2.75, 3.05) is 21.3 Å². The van der Waals surface area contributed by atoms with Gasteiger partial charge in [0.15, 0.2) is 11.5 Å². The molecular formula is C9H14NO3+. The highest BCUT2D eigenvalue weighted by atomic mass is 16.5. The van der Waals surface area contributed by atoms with Crippen molar-refractivity contribution in [1.29, 1.82) is 0 Å². The molecule has 0 aromatic heterocycles. The number of rotatable bonds is 3. The highest BCUT2D eigenvalue weighted by molar-refractivity contribution is 5.57. The van der Waals surface area contributed by atoms with Gasteiger partial charge < -0.3 is 19.9 Å². The highest BCUT2D eigenvalue weighted by Crippen LogP contribution is 2.38. The maximum Gasteiger partial charge on any atom is 0.203 e. The summed E-state index contributed by atoms with van der Waals surface area (Å²) in [5, 5.41) is 0. The van der Waals surface area contributed by atoms with Gasteiger partial charge in [-0.05, 0) is 0 Å². The Morgan fingerprint density at radius 1 is 0.923 bits per heavy atom. The maximum absolute atomic E-state index is 5.14. The highest BCUT2D eigenvalue weighted by Gasteiger charge is 2.12. The Labute approximate surface area is 77.2 Å². The van der Waals surface area contributed by atoms with Crippen LogP contribution in [0.15, 0.2) is 12.1 Å². The quantitative estimate of drug-likeness (QED) is 0.747. The second-order valence-electron chi connectivity index (χ2n) is 2.53. The summed E-state index contributed by atoms with van der Waals surface area (Å²) in [4.78, 5) is 0. The van der Waals surface area contributed by atoms with Gasteiger partial charge in [-0.2, -0.15) is 0 Å². The average Bonchev–Trinajstić information content (AvgIpc) is 2.16. The van der Waals surface area contributed by atoms with E-state index in [9.17, 15) is 0 Å².